The van der Waals surface area contributed by atoms with Crippen molar-refractivity contribution < 1.29 is 32.9 Å². The molecule has 1 aromatic rings. The molecule has 1 fully saturated rings. The van der Waals surface area contributed by atoms with Crippen molar-refractivity contribution >= 4 is 12.1 Å². The highest BCUT2D eigenvalue weighted by molar-refractivity contribution is 5.81. The summed E-state index contributed by atoms with van der Waals surface area (Å²) in [6, 6.07) is 3.22. The molecule has 1 saturated carbocycles. The van der Waals surface area contributed by atoms with Gasteiger partial charge >= 0.3 is 12.1 Å². The first-order valence-corrected chi connectivity index (χ1v) is 9.69. The lowest BCUT2D eigenvalue weighted by Crippen LogP contribution is -2.43. The van der Waals surface area contributed by atoms with E-state index in [0.29, 0.717) is 11.3 Å². The van der Waals surface area contributed by atoms with Crippen molar-refractivity contribution in [3.05, 3.63) is 29.6 Å². The van der Waals surface area contributed by atoms with E-state index in [1.807, 2.05) is 0 Å². The number of carbonyl (C=O) groups is 2. The normalized spacial score (nSPS) is 17.1. The van der Waals surface area contributed by atoms with Crippen LogP contribution in [-0.2, 0) is 19.0 Å². The molecule has 162 valence electrons. The summed E-state index contributed by atoms with van der Waals surface area (Å²) in [6.45, 7) is 8.39. The van der Waals surface area contributed by atoms with Crippen LogP contribution in [0, 0.1) is 5.82 Å². The van der Waals surface area contributed by atoms with Crippen LogP contribution in [0.5, 0.6) is 5.75 Å². The first kappa shape index (κ1) is 22.9. The van der Waals surface area contributed by atoms with E-state index in [2.05, 4.69) is 5.32 Å². The van der Waals surface area contributed by atoms with Crippen molar-refractivity contribution in [3.63, 3.8) is 0 Å². The minimum atomic E-state index is -0.913. The molecule has 0 spiro atoms. The Balaban J connectivity index is 2.07. The Morgan fingerprint density at radius 3 is 2.41 bits per heavy atom. The molecule has 1 aliphatic carbocycles. The van der Waals surface area contributed by atoms with Gasteiger partial charge in [0.25, 0.3) is 0 Å². The lowest BCUT2D eigenvalue weighted by Gasteiger charge is -2.27. The first-order chi connectivity index (χ1) is 13.5. The van der Waals surface area contributed by atoms with Gasteiger partial charge in [0, 0.05) is 11.6 Å². The summed E-state index contributed by atoms with van der Waals surface area (Å²) in [4.78, 5) is 24.3. The van der Waals surface area contributed by atoms with Crippen molar-refractivity contribution in [1.29, 1.82) is 0 Å². The number of ether oxygens (including phenoxy) is 4. The number of methoxy groups -OCH3 is 1. The summed E-state index contributed by atoms with van der Waals surface area (Å²) in [7, 11) is 1.44. The number of alkyl carbamates (subject to hydrolysis) is 1. The van der Waals surface area contributed by atoms with E-state index in [1.165, 1.54) is 26.2 Å². The molecule has 1 amide bonds. The lowest BCUT2D eigenvalue weighted by molar-refractivity contribution is -0.159. The van der Waals surface area contributed by atoms with Crippen LogP contribution in [0.15, 0.2) is 18.2 Å². The van der Waals surface area contributed by atoms with Crippen molar-refractivity contribution in [3.8, 4) is 5.75 Å². The summed E-state index contributed by atoms with van der Waals surface area (Å²) >= 11 is 0. The minimum absolute atomic E-state index is 0.0632. The van der Waals surface area contributed by atoms with Gasteiger partial charge in [-0.2, -0.15) is 0 Å². The Morgan fingerprint density at radius 1 is 1.21 bits per heavy atom. The Hall–Kier alpha value is -2.35. The average Bonchev–Trinajstić information content (AvgIpc) is 3.42. The Bertz CT molecular complexity index is 728. The number of hydrogen-bond acceptors (Lipinski definition) is 6. The number of carbonyl (C=O) groups excluding carboxylic acids is 2. The van der Waals surface area contributed by atoms with Gasteiger partial charge in [0.2, 0.25) is 0 Å². The summed E-state index contributed by atoms with van der Waals surface area (Å²) in [5, 5.41) is 2.45. The van der Waals surface area contributed by atoms with Gasteiger partial charge in [0.05, 0.1) is 13.2 Å². The van der Waals surface area contributed by atoms with E-state index in [0.717, 1.165) is 12.8 Å². The second-order valence-electron chi connectivity index (χ2n) is 8.15. The summed E-state index contributed by atoms with van der Waals surface area (Å²) in [5.41, 5.74) is -0.0857. The average molecular weight is 411 g/mol. The topological polar surface area (TPSA) is 83.1 Å². The fraction of sp³-hybridized carbons (Fsp3) is 0.619. The van der Waals surface area contributed by atoms with Gasteiger partial charge in [-0.1, -0.05) is 0 Å². The molecule has 29 heavy (non-hydrogen) atoms. The second kappa shape index (κ2) is 9.43. The molecular formula is C21H30FNO6. The number of halogens is 1. The quantitative estimate of drug-likeness (QED) is 0.654. The molecule has 0 aromatic heterocycles. The predicted molar refractivity (Wildman–Crippen MR) is 104 cm³/mol. The zero-order valence-electron chi connectivity index (χ0n) is 17.8. The summed E-state index contributed by atoms with van der Waals surface area (Å²) in [5.74, 6) is -0.747. The molecule has 1 N–H and O–H groups in total. The maximum absolute atomic E-state index is 13.6. The van der Waals surface area contributed by atoms with Crippen molar-refractivity contribution in [2.45, 2.75) is 77.4 Å². The van der Waals surface area contributed by atoms with Crippen LogP contribution in [0.2, 0.25) is 0 Å². The van der Waals surface area contributed by atoms with Crippen LogP contribution in [0.25, 0.3) is 0 Å². The zero-order valence-corrected chi connectivity index (χ0v) is 17.8. The van der Waals surface area contributed by atoms with Gasteiger partial charge in [0.15, 0.2) is 0 Å². The third kappa shape index (κ3) is 7.20. The second-order valence-corrected chi connectivity index (χ2v) is 8.15. The SMILES string of the molecule is COc1cc(F)ccc1[C@@H](OC1CC1)[C@H](C)OC(=O)[C@H](C)NC(=O)OC(C)(C)C. The zero-order chi connectivity index (χ0) is 21.8. The van der Waals surface area contributed by atoms with Gasteiger partial charge in [-0.15, -0.1) is 0 Å². The molecule has 0 bridgehead atoms. The molecule has 0 unspecified atom stereocenters. The predicted octanol–water partition coefficient (Wildman–Crippen LogP) is 3.90. The molecule has 0 heterocycles. The minimum Gasteiger partial charge on any atom is -0.496 e. The number of amides is 1. The lowest BCUT2D eigenvalue weighted by atomic mass is 10.0. The Kier molecular flexibility index (Phi) is 7.46. The van der Waals surface area contributed by atoms with Crippen molar-refractivity contribution in [2.24, 2.45) is 0 Å². The highest BCUT2D eigenvalue weighted by Gasteiger charge is 2.34. The number of nitrogens with one attached hydrogen (secondary N) is 1. The maximum atomic E-state index is 13.6. The molecule has 0 aliphatic heterocycles. The van der Waals surface area contributed by atoms with Gasteiger partial charge in [-0.25, -0.2) is 14.0 Å². The third-order valence-electron chi connectivity index (χ3n) is 4.18. The molecule has 3 atom stereocenters. The van der Waals surface area contributed by atoms with Crippen LogP contribution in [0.3, 0.4) is 0 Å². The highest BCUT2D eigenvalue weighted by Crippen LogP contribution is 2.37. The van der Waals surface area contributed by atoms with Crippen LogP contribution < -0.4 is 10.1 Å². The Morgan fingerprint density at radius 2 is 1.86 bits per heavy atom. The molecule has 2 rings (SSSR count). The van der Waals surface area contributed by atoms with Gasteiger partial charge in [0.1, 0.15) is 35.4 Å². The molecule has 1 aromatic carbocycles. The summed E-state index contributed by atoms with van der Waals surface area (Å²) < 4.78 is 35.6. The summed E-state index contributed by atoms with van der Waals surface area (Å²) in [6.07, 6.45) is -0.135. The number of esters is 1. The standard InChI is InChI=1S/C21H30FNO6/c1-12(23-20(25)29-21(3,4)5)19(24)27-13(2)18(28-15-8-9-15)16-10-7-14(22)11-17(16)26-6/h7,10-13,15,18H,8-9H2,1-6H3,(H,23,25)/t12-,13-,18-/m0/s1. The number of benzene rings is 1. The highest BCUT2D eigenvalue weighted by atomic mass is 19.1. The van der Waals surface area contributed by atoms with Crippen LogP contribution in [-0.4, -0.2) is 43.0 Å². The smallest absolute Gasteiger partial charge is 0.408 e. The van der Waals surface area contributed by atoms with E-state index in [4.69, 9.17) is 18.9 Å². The molecular weight excluding hydrogens is 381 g/mol. The van der Waals surface area contributed by atoms with Crippen LogP contribution in [0.1, 0.15) is 59.1 Å². The van der Waals surface area contributed by atoms with E-state index in [1.54, 1.807) is 33.8 Å². The van der Waals surface area contributed by atoms with Gasteiger partial charge in [-0.05, 0) is 59.6 Å². The molecule has 0 radical (unpaired) electrons. The van der Waals surface area contributed by atoms with Gasteiger partial charge in [-0.3, -0.25) is 0 Å². The van der Waals surface area contributed by atoms with Gasteiger partial charge < -0.3 is 24.3 Å². The molecule has 8 heteroatoms. The molecule has 0 saturated heterocycles. The Labute approximate surface area is 170 Å². The van der Waals surface area contributed by atoms with Crippen molar-refractivity contribution in [1.82, 2.24) is 5.32 Å². The fourth-order valence-corrected chi connectivity index (χ4v) is 2.66. The van der Waals surface area contributed by atoms with Crippen LogP contribution in [0.4, 0.5) is 9.18 Å². The van der Waals surface area contributed by atoms with E-state index < -0.39 is 41.7 Å². The monoisotopic (exact) mass is 411 g/mol. The number of hydrogen-bond donors (Lipinski definition) is 1. The largest absolute Gasteiger partial charge is 0.496 e. The molecule has 7 nitrogen and oxygen atoms in total. The van der Waals surface area contributed by atoms with E-state index in [-0.39, 0.29) is 6.10 Å². The third-order valence-corrected chi connectivity index (χ3v) is 4.18. The maximum Gasteiger partial charge on any atom is 0.408 e. The molecule has 1 aliphatic rings. The van der Waals surface area contributed by atoms with E-state index >= 15 is 0 Å². The fourth-order valence-electron chi connectivity index (χ4n) is 2.66. The number of rotatable bonds is 8. The first-order valence-electron chi connectivity index (χ1n) is 9.69. The van der Waals surface area contributed by atoms with E-state index in [9.17, 15) is 14.0 Å². The van der Waals surface area contributed by atoms with Crippen molar-refractivity contribution in [2.75, 3.05) is 7.11 Å². The van der Waals surface area contributed by atoms with Crippen LogP contribution >= 0.6 is 0 Å².